The first-order chi connectivity index (χ1) is 9.83. The molecule has 0 amide bonds. The summed E-state index contributed by atoms with van der Waals surface area (Å²) in [6.07, 6.45) is 12.7. The summed E-state index contributed by atoms with van der Waals surface area (Å²) in [5.41, 5.74) is 0. The van der Waals surface area contributed by atoms with Gasteiger partial charge in [-0.3, -0.25) is 0 Å². The van der Waals surface area contributed by atoms with Gasteiger partial charge in [0.1, 0.15) is 0 Å². The number of hydrogen-bond acceptors (Lipinski definition) is 3. The zero-order chi connectivity index (χ0) is 13.8. The van der Waals surface area contributed by atoms with Crippen molar-refractivity contribution in [2.45, 2.75) is 88.9 Å². The van der Waals surface area contributed by atoms with Crippen molar-refractivity contribution in [2.24, 2.45) is 5.92 Å². The summed E-state index contributed by atoms with van der Waals surface area (Å²) >= 11 is 0. The lowest BCUT2D eigenvalue weighted by atomic mass is 9.77. The molecule has 0 radical (unpaired) electrons. The van der Waals surface area contributed by atoms with Crippen LogP contribution in [-0.2, 0) is 4.74 Å². The quantitative estimate of drug-likeness (QED) is 0.834. The molecule has 2 saturated heterocycles. The summed E-state index contributed by atoms with van der Waals surface area (Å²) in [7, 11) is 0. The van der Waals surface area contributed by atoms with Gasteiger partial charge in [0.05, 0.1) is 6.10 Å². The van der Waals surface area contributed by atoms with Gasteiger partial charge in [0.2, 0.25) is 0 Å². The van der Waals surface area contributed by atoms with Crippen molar-refractivity contribution in [3.8, 4) is 0 Å². The maximum Gasteiger partial charge on any atom is 0.0561 e. The standard InChI is InChI=1S/C17H32N2O/c1-13-12-14(9-11-20-13)19-17-8-3-2-6-15(17)16-7-4-5-10-18-16/h13-19H,2-12H2,1H3. The molecule has 0 bridgehead atoms. The smallest absolute Gasteiger partial charge is 0.0561 e. The van der Waals surface area contributed by atoms with E-state index in [1.54, 1.807) is 0 Å². The second-order valence-corrected chi connectivity index (χ2v) is 7.18. The second-order valence-electron chi connectivity index (χ2n) is 7.18. The number of rotatable bonds is 3. The molecule has 0 aromatic heterocycles. The summed E-state index contributed by atoms with van der Waals surface area (Å²) in [5, 5.41) is 7.82. The Hall–Kier alpha value is -0.120. The third-order valence-electron chi connectivity index (χ3n) is 5.62. The van der Waals surface area contributed by atoms with Crippen LogP contribution in [-0.4, -0.2) is 37.4 Å². The first-order valence-electron chi connectivity index (χ1n) is 8.94. The van der Waals surface area contributed by atoms with E-state index < -0.39 is 0 Å². The Bertz CT molecular complexity index is 291. The van der Waals surface area contributed by atoms with Gasteiger partial charge in [-0.15, -0.1) is 0 Å². The highest BCUT2D eigenvalue weighted by Gasteiger charge is 2.34. The maximum absolute atomic E-state index is 5.69. The molecule has 3 aliphatic rings. The van der Waals surface area contributed by atoms with Gasteiger partial charge in [-0.2, -0.15) is 0 Å². The normalized spacial score (nSPS) is 43.4. The van der Waals surface area contributed by atoms with Crippen molar-refractivity contribution in [3.05, 3.63) is 0 Å². The van der Waals surface area contributed by atoms with E-state index in [4.69, 9.17) is 4.74 Å². The molecule has 5 unspecified atom stereocenters. The van der Waals surface area contributed by atoms with Gasteiger partial charge in [0.25, 0.3) is 0 Å². The van der Waals surface area contributed by atoms with Crippen LogP contribution in [0.5, 0.6) is 0 Å². The number of ether oxygens (including phenoxy) is 1. The molecule has 0 aromatic rings. The summed E-state index contributed by atoms with van der Waals surface area (Å²) in [4.78, 5) is 0. The minimum atomic E-state index is 0.441. The molecule has 3 fully saturated rings. The van der Waals surface area contributed by atoms with Crippen LogP contribution in [0.4, 0.5) is 0 Å². The highest BCUT2D eigenvalue weighted by Crippen LogP contribution is 2.31. The highest BCUT2D eigenvalue weighted by atomic mass is 16.5. The molecule has 0 spiro atoms. The highest BCUT2D eigenvalue weighted by molar-refractivity contribution is 4.92. The summed E-state index contributed by atoms with van der Waals surface area (Å²) in [5.74, 6) is 0.863. The molecule has 5 atom stereocenters. The molecule has 2 N–H and O–H groups in total. The van der Waals surface area contributed by atoms with Crippen LogP contribution in [0.15, 0.2) is 0 Å². The lowest BCUT2D eigenvalue weighted by Gasteiger charge is -2.42. The van der Waals surface area contributed by atoms with E-state index in [9.17, 15) is 0 Å². The summed E-state index contributed by atoms with van der Waals surface area (Å²) in [6.45, 7) is 4.40. The Labute approximate surface area is 124 Å². The molecule has 20 heavy (non-hydrogen) atoms. The van der Waals surface area contributed by atoms with E-state index in [1.165, 1.54) is 64.3 Å². The van der Waals surface area contributed by atoms with E-state index in [1.807, 2.05) is 0 Å². The van der Waals surface area contributed by atoms with Crippen LogP contribution in [0.2, 0.25) is 0 Å². The van der Waals surface area contributed by atoms with E-state index in [-0.39, 0.29) is 0 Å². The van der Waals surface area contributed by atoms with E-state index in [0.29, 0.717) is 12.1 Å². The zero-order valence-corrected chi connectivity index (χ0v) is 13.1. The largest absolute Gasteiger partial charge is 0.378 e. The fourth-order valence-corrected chi connectivity index (χ4v) is 4.54. The molecule has 3 heteroatoms. The van der Waals surface area contributed by atoms with Crippen LogP contribution < -0.4 is 10.6 Å². The van der Waals surface area contributed by atoms with Gasteiger partial charge in [-0.1, -0.05) is 19.3 Å². The molecule has 3 nitrogen and oxygen atoms in total. The van der Waals surface area contributed by atoms with E-state index in [0.717, 1.165) is 24.6 Å². The van der Waals surface area contributed by atoms with Crippen LogP contribution in [0.25, 0.3) is 0 Å². The Morgan fingerprint density at radius 2 is 1.85 bits per heavy atom. The third kappa shape index (κ3) is 3.75. The maximum atomic E-state index is 5.69. The van der Waals surface area contributed by atoms with E-state index in [2.05, 4.69) is 17.6 Å². The van der Waals surface area contributed by atoms with Gasteiger partial charge < -0.3 is 15.4 Å². The number of nitrogens with one attached hydrogen (secondary N) is 2. The van der Waals surface area contributed by atoms with Gasteiger partial charge in [-0.25, -0.2) is 0 Å². The molecular formula is C17H32N2O. The first-order valence-corrected chi connectivity index (χ1v) is 8.94. The minimum absolute atomic E-state index is 0.441. The zero-order valence-electron chi connectivity index (χ0n) is 13.1. The van der Waals surface area contributed by atoms with Crippen molar-refractivity contribution < 1.29 is 4.74 Å². The van der Waals surface area contributed by atoms with Crippen molar-refractivity contribution in [1.82, 2.24) is 10.6 Å². The van der Waals surface area contributed by atoms with Gasteiger partial charge in [-0.05, 0) is 57.9 Å². The number of hydrogen-bond donors (Lipinski definition) is 2. The first kappa shape index (κ1) is 14.8. The van der Waals surface area contributed by atoms with Gasteiger partial charge >= 0.3 is 0 Å². The molecule has 2 heterocycles. The van der Waals surface area contributed by atoms with Gasteiger partial charge in [0, 0.05) is 24.7 Å². The van der Waals surface area contributed by atoms with Crippen LogP contribution in [0.3, 0.4) is 0 Å². The topological polar surface area (TPSA) is 33.3 Å². The van der Waals surface area contributed by atoms with Crippen molar-refractivity contribution in [1.29, 1.82) is 0 Å². The predicted molar refractivity (Wildman–Crippen MR) is 83.0 cm³/mol. The fraction of sp³-hybridized carbons (Fsp3) is 1.00. The Morgan fingerprint density at radius 3 is 2.65 bits per heavy atom. The van der Waals surface area contributed by atoms with Gasteiger partial charge in [0.15, 0.2) is 0 Å². The average Bonchev–Trinajstić information content (AvgIpc) is 2.49. The van der Waals surface area contributed by atoms with Crippen LogP contribution in [0.1, 0.15) is 64.7 Å². The lowest BCUT2D eigenvalue weighted by Crippen LogP contribution is -2.54. The number of piperidine rings is 1. The Balaban J connectivity index is 1.56. The van der Waals surface area contributed by atoms with Crippen molar-refractivity contribution in [3.63, 3.8) is 0 Å². The fourth-order valence-electron chi connectivity index (χ4n) is 4.54. The summed E-state index contributed by atoms with van der Waals surface area (Å²) < 4.78 is 5.69. The molecule has 116 valence electrons. The molecular weight excluding hydrogens is 248 g/mol. The summed E-state index contributed by atoms with van der Waals surface area (Å²) in [6, 6.07) is 2.21. The molecule has 2 aliphatic heterocycles. The minimum Gasteiger partial charge on any atom is -0.378 e. The molecule has 3 rings (SSSR count). The second kappa shape index (κ2) is 7.24. The van der Waals surface area contributed by atoms with Crippen LogP contribution in [0, 0.1) is 5.92 Å². The van der Waals surface area contributed by atoms with E-state index >= 15 is 0 Å². The van der Waals surface area contributed by atoms with Crippen molar-refractivity contribution in [2.75, 3.05) is 13.2 Å². The third-order valence-corrected chi connectivity index (χ3v) is 5.62. The Morgan fingerprint density at radius 1 is 1.00 bits per heavy atom. The predicted octanol–water partition coefficient (Wildman–Crippen LogP) is 2.84. The monoisotopic (exact) mass is 280 g/mol. The average molecular weight is 280 g/mol. The molecule has 0 aromatic carbocycles. The van der Waals surface area contributed by atoms with Crippen molar-refractivity contribution >= 4 is 0 Å². The van der Waals surface area contributed by atoms with Crippen LogP contribution >= 0.6 is 0 Å². The Kier molecular flexibility index (Phi) is 5.36. The SMILES string of the molecule is CC1CC(NC2CCCCC2C2CCCCN2)CCO1. The lowest BCUT2D eigenvalue weighted by molar-refractivity contribution is 0.00723. The molecule has 1 aliphatic carbocycles. The molecule has 1 saturated carbocycles.